The molecule has 0 saturated carbocycles. The maximum absolute atomic E-state index is 13.0. The molecule has 0 N–H and O–H groups in total. The summed E-state index contributed by atoms with van der Waals surface area (Å²) in [6.45, 7) is 9.30. The van der Waals surface area contributed by atoms with Gasteiger partial charge in [-0.05, 0) is 56.2 Å². The topological polar surface area (TPSA) is 61.8 Å². The molecule has 5 nitrogen and oxygen atoms in total. The zero-order valence-electron chi connectivity index (χ0n) is 18.6. The molecule has 30 heavy (non-hydrogen) atoms. The fourth-order valence-corrected chi connectivity index (χ4v) is 4.65. The molecule has 5 heteroatoms. The number of hydrogen-bond acceptors (Lipinski definition) is 5. The van der Waals surface area contributed by atoms with Crippen molar-refractivity contribution in [3.63, 3.8) is 0 Å². The van der Waals surface area contributed by atoms with Gasteiger partial charge >= 0.3 is 5.97 Å². The number of rotatable bonds is 10. The largest absolute Gasteiger partial charge is 0.466 e. The number of carbonyl (C=O) groups excluding carboxylic acids is 2. The van der Waals surface area contributed by atoms with Gasteiger partial charge in [-0.15, -0.1) is 0 Å². The van der Waals surface area contributed by atoms with E-state index in [1.807, 2.05) is 51.1 Å². The third kappa shape index (κ3) is 4.37. The molecule has 1 fully saturated rings. The monoisotopic (exact) mass is 414 g/mol. The Bertz CT molecular complexity index is 784. The highest BCUT2D eigenvalue weighted by Gasteiger charge is 2.64. The first-order valence-electron chi connectivity index (χ1n) is 11.1. The number of esters is 1. The molecular weight excluding hydrogens is 380 g/mol. The number of carbonyl (C=O) groups is 2. The maximum Gasteiger partial charge on any atom is 0.312 e. The number of unbranched alkanes of at least 4 members (excludes halogenated alkanes) is 1. The van der Waals surface area contributed by atoms with E-state index in [-0.39, 0.29) is 17.7 Å². The fraction of sp³-hybridized carbons (Fsp3) is 0.600. The standard InChI is InChI=1S/C25H34O5/c1-5-29-23(27)21-16-25(18(2)3)22(26)15-20(24(21,4)30-25)13-9-10-14-28-17-19-11-7-6-8-12-19/h6-8,11-12,15,18,21H,5,9-10,13-14,16-17H2,1-4H3/t21-,24-,25+/m0/s1. The Hall–Kier alpha value is -1.98. The number of benzene rings is 1. The van der Waals surface area contributed by atoms with Gasteiger partial charge in [0.1, 0.15) is 11.2 Å². The minimum atomic E-state index is -0.922. The van der Waals surface area contributed by atoms with Crippen LogP contribution in [0.15, 0.2) is 42.0 Å². The molecule has 0 unspecified atom stereocenters. The molecule has 2 aliphatic heterocycles. The van der Waals surface area contributed by atoms with Crippen LogP contribution >= 0.6 is 0 Å². The van der Waals surface area contributed by atoms with E-state index in [1.165, 1.54) is 0 Å². The number of ether oxygens (including phenoxy) is 3. The molecule has 1 saturated heterocycles. The van der Waals surface area contributed by atoms with Crippen LogP contribution in [-0.2, 0) is 30.4 Å². The van der Waals surface area contributed by atoms with Gasteiger partial charge in [-0.3, -0.25) is 9.59 Å². The Labute approximate surface area is 179 Å². The van der Waals surface area contributed by atoms with Crippen molar-refractivity contribution in [3.8, 4) is 0 Å². The molecule has 0 aromatic heterocycles. The van der Waals surface area contributed by atoms with Gasteiger partial charge in [0.2, 0.25) is 0 Å². The minimum Gasteiger partial charge on any atom is -0.466 e. The second-order valence-electron chi connectivity index (χ2n) is 8.79. The quantitative estimate of drug-likeness (QED) is 0.412. The lowest BCUT2D eigenvalue weighted by atomic mass is 9.79. The molecule has 2 aliphatic rings. The molecule has 0 spiro atoms. The summed E-state index contributed by atoms with van der Waals surface area (Å²) < 4.78 is 17.5. The van der Waals surface area contributed by atoms with Gasteiger partial charge in [-0.25, -0.2) is 0 Å². The summed E-state index contributed by atoms with van der Waals surface area (Å²) in [5.41, 5.74) is 0.360. The van der Waals surface area contributed by atoms with E-state index in [2.05, 4.69) is 0 Å². The molecule has 1 aromatic rings. The van der Waals surface area contributed by atoms with Crippen LogP contribution in [0.1, 0.15) is 58.9 Å². The van der Waals surface area contributed by atoms with Crippen molar-refractivity contribution in [1.29, 1.82) is 0 Å². The Morgan fingerprint density at radius 2 is 1.97 bits per heavy atom. The second-order valence-corrected chi connectivity index (χ2v) is 8.79. The summed E-state index contributed by atoms with van der Waals surface area (Å²) in [7, 11) is 0. The number of hydrogen-bond donors (Lipinski definition) is 0. The van der Waals surface area contributed by atoms with Crippen LogP contribution in [0.25, 0.3) is 0 Å². The molecule has 0 aliphatic carbocycles. The number of ketones is 1. The third-order valence-electron chi connectivity index (χ3n) is 6.53. The van der Waals surface area contributed by atoms with Crippen molar-refractivity contribution in [1.82, 2.24) is 0 Å². The van der Waals surface area contributed by atoms with Crippen molar-refractivity contribution in [2.75, 3.05) is 13.2 Å². The van der Waals surface area contributed by atoms with E-state index >= 15 is 0 Å². The van der Waals surface area contributed by atoms with Crippen LogP contribution in [0.2, 0.25) is 0 Å². The van der Waals surface area contributed by atoms with Gasteiger partial charge in [0.15, 0.2) is 5.78 Å². The lowest BCUT2D eigenvalue weighted by Crippen LogP contribution is -2.49. The average Bonchev–Trinajstić information content (AvgIpc) is 3.02. The highest BCUT2D eigenvalue weighted by molar-refractivity contribution is 6.01. The molecule has 3 rings (SSSR count). The van der Waals surface area contributed by atoms with Gasteiger partial charge in [0.05, 0.1) is 19.1 Å². The summed E-state index contributed by atoms with van der Waals surface area (Å²) in [5.74, 6) is -0.744. The molecule has 3 atom stereocenters. The molecule has 0 radical (unpaired) electrons. The van der Waals surface area contributed by atoms with Gasteiger partial charge in [-0.2, -0.15) is 0 Å². The Kier molecular flexibility index (Phi) is 7.14. The summed E-state index contributed by atoms with van der Waals surface area (Å²) in [6, 6.07) is 10.1. The molecular formula is C25H34O5. The lowest BCUT2D eigenvalue weighted by Gasteiger charge is -2.40. The summed E-state index contributed by atoms with van der Waals surface area (Å²) in [6.07, 6.45) is 4.60. The average molecular weight is 415 g/mol. The zero-order valence-corrected chi connectivity index (χ0v) is 18.6. The molecule has 2 bridgehead atoms. The highest BCUT2D eigenvalue weighted by atomic mass is 16.6. The minimum absolute atomic E-state index is 0.00654. The van der Waals surface area contributed by atoms with Gasteiger partial charge in [0, 0.05) is 13.0 Å². The van der Waals surface area contributed by atoms with E-state index in [1.54, 1.807) is 13.0 Å². The van der Waals surface area contributed by atoms with E-state index < -0.39 is 17.1 Å². The van der Waals surface area contributed by atoms with Crippen LogP contribution in [0.4, 0.5) is 0 Å². The van der Waals surface area contributed by atoms with Crippen LogP contribution in [0, 0.1) is 11.8 Å². The smallest absolute Gasteiger partial charge is 0.312 e. The van der Waals surface area contributed by atoms with Gasteiger partial charge in [-0.1, -0.05) is 44.2 Å². The first kappa shape index (κ1) is 22.7. The van der Waals surface area contributed by atoms with Gasteiger partial charge in [0.25, 0.3) is 0 Å². The summed E-state index contributed by atoms with van der Waals surface area (Å²) in [4.78, 5) is 25.7. The van der Waals surface area contributed by atoms with Crippen LogP contribution in [-0.4, -0.2) is 36.2 Å². The fourth-order valence-electron chi connectivity index (χ4n) is 4.65. The molecule has 164 valence electrons. The summed E-state index contributed by atoms with van der Waals surface area (Å²) in [5, 5.41) is 0. The predicted octanol–water partition coefficient (Wildman–Crippen LogP) is 4.64. The molecule has 1 aromatic carbocycles. The highest BCUT2D eigenvalue weighted by Crippen LogP contribution is 2.54. The Balaban J connectivity index is 1.61. The Morgan fingerprint density at radius 3 is 2.63 bits per heavy atom. The molecule has 0 amide bonds. The Morgan fingerprint density at radius 1 is 1.23 bits per heavy atom. The normalized spacial score (nSPS) is 28.0. The first-order valence-corrected chi connectivity index (χ1v) is 11.1. The van der Waals surface area contributed by atoms with Crippen molar-refractivity contribution < 1.29 is 23.8 Å². The van der Waals surface area contributed by atoms with Crippen LogP contribution in [0.3, 0.4) is 0 Å². The van der Waals surface area contributed by atoms with Crippen LogP contribution < -0.4 is 0 Å². The molecule has 2 heterocycles. The maximum atomic E-state index is 13.0. The second kappa shape index (κ2) is 9.44. The van der Waals surface area contributed by atoms with E-state index in [0.717, 1.165) is 24.0 Å². The lowest BCUT2D eigenvalue weighted by molar-refractivity contribution is -0.163. The van der Waals surface area contributed by atoms with E-state index in [0.29, 0.717) is 32.7 Å². The van der Waals surface area contributed by atoms with E-state index in [9.17, 15) is 9.59 Å². The van der Waals surface area contributed by atoms with E-state index in [4.69, 9.17) is 14.2 Å². The van der Waals surface area contributed by atoms with Crippen molar-refractivity contribution in [2.24, 2.45) is 11.8 Å². The first-order chi connectivity index (χ1) is 14.3. The van der Waals surface area contributed by atoms with Gasteiger partial charge < -0.3 is 14.2 Å². The van der Waals surface area contributed by atoms with Crippen molar-refractivity contribution >= 4 is 11.8 Å². The number of fused-ring (bicyclic) bond motifs is 2. The summed E-state index contributed by atoms with van der Waals surface area (Å²) >= 11 is 0. The predicted molar refractivity (Wildman–Crippen MR) is 115 cm³/mol. The van der Waals surface area contributed by atoms with Crippen molar-refractivity contribution in [2.45, 2.75) is 71.2 Å². The zero-order chi connectivity index (χ0) is 21.8. The van der Waals surface area contributed by atoms with Crippen LogP contribution in [0.5, 0.6) is 0 Å². The third-order valence-corrected chi connectivity index (χ3v) is 6.53. The van der Waals surface area contributed by atoms with Crippen molar-refractivity contribution in [3.05, 3.63) is 47.5 Å². The SMILES string of the molecule is CCOC(=O)[C@@H]1C[C@]2(C(C)C)O[C@@]1(C)C(CCCCOCc1ccccc1)=CC2=O.